The number of hydrogen-bond acceptors (Lipinski definition) is 2. The lowest BCUT2D eigenvalue weighted by Crippen LogP contribution is -2.27. The summed E-state index contributed by atoms with van der Waals surface area (Å²) in [7, 11) is 0. The number of thioether (sulfide) groups is 1. The summed E-state index contributed by atoms with van der Waals surface area (Å²) < 4.78 is 15.0. The van der Waals surface area contributed by atoms with E-state index < -0.39 is 0 Å². The number of imidazole rings is 1. The monoisotopic (exact) mass is 408 g/mol. The van der Waals surface area contributed by atoms with Crippen LogP contribution in [0.3, 0.4) is 0 Å². The zero-order chi connectivity index (χ0) is 18.6. The van der Waals surface area contributed by atoms with Gasteiger partial charge in [0.1, 0.15) is 5.82 Å². The first kappa shape index (κ1) is 19.3. The van der Waals surface area contributed by atoms with Crippen molar-refractivity contribution in [1.82, 2.24) is 9.55 Å². The number of aromatic nitrogens is 2. The molecule has 0 aliphatic rings. The summed E-state index contributed by atoms with van der Waals surface area (Å²) in [5.41, 5.74) is 1.11. The molecule has 0 amide bonds. The lowest BCUT2D eigenvalue weighted by molar-refractivity contribution is 0.495. The van der Waals surface area contributed by atoms with Crippen molar-refractivity contribution in [3.63, 3.8) is 0 Å². The molecule has 26 heavy (non-hydrogen) atoms. The third-order valence-corrected chi connectivity index (χ3v) is 6.52. The molecule has 6 heteroatoms. The van der Waals surface area contributed by atoms with E-state index in [0.29, 0.717) is 10.0 Å². The molecule has 0 aliphatic carbocycles. The van der Waals surface area contributed by atoms with E-state index in [-0.39, 0.29) is 10.6 Å². The van der Waals surface area contributed by atoms with Gasteiger partial charge in [0.05, 0.1) is 16.4 Å². The first-order valence-corrected chi connectivity index (χ1v) is 9.86. The molecule has 1 aromatic heterocycles. The Labute approximate surface area is 167 Å². The second-order valence-corrected chi connectivity index (χ2v) is 8.88. The van der Waals surface area contributed by atoms with Crippen LogP contribution < -0.4 is 0 Å². The van der Waals surface area contributed by atoms with E-state index in [1.165, 1.54) is 12.1 Å². The van der Waals surface area contributed by atoms with Gasteiger partial charge in [0.15, 0.2) is 0 Å². The Morgan fingerprint density at radius 3 is 2.42 bits per heavy atom. The van der Waals surface area contributed by atoms with Crippen molar-refractivity contribution >= 4 is 35.0 Å². The Morgan fingerprint density at radius 1 is 1.12 bits per heavy atom. The molecule has 2 aromatic carbocycles. The maximum Gasteiger partial charge on any atom is 0.123 e. The van der Waals surface area contributed by atoms with E-state index in [1.54, 1.807) is 18.0 Å². The molecule has 0 saturated carbocycles. The summed E-state index contributed by atoms with van der Waals surface area (Å²) in [6, 6.07) is 12.2. The van der Waals surface area contributed by atoms with Crippen LogP contribution in [0.5, 0.6) is 0 Å². The first-order chi connectivity index (χ1) is 12.5. The highest BCUT2D eigenvalue weighted by molar-refractivity contribution is 8.00. The molecule has 1 unspecified atom stereocenters. The normalized spacial score (nSPS) is 13.5. The summed E-state index contributed by atoms with van der Waals surface area (Å²) in [5, 5.41) is 1.31. The molecule has 136 valence electrons. The van der Waals surface area contributed by atoms with Gasteiger partial charge in [-0.25, -0.2) is 9.37 Å². The molecule has 0 bridgehead atoms. The number of aryl methyl sites for hydroxylation is 1. The summed E-state index contributed by atoms with van der Waals surface area (Å²) >= 11 is 14.5. The quantitative estimate of drug-likeness (QED) is 0.414. The van der Waals surface area contributed by atoms with Gasteiger partial charge in [0.2, 0.25) is 0 Å². The predicted octanol–water partition coefficient (Wildman–Crippen LogP) is 6.51. The Kier molecular flexibility index (Phi) is 6.28. The molecule has 0 fully saturated rings. The Bertz CT molecular complexity index is 833. The lowest BCUT2D eigenvalue weighted by atomic mass is 10.00. The number of halogens is 3. The number of benzene rings is 2. The highest BCUT2D eigenvalue weighted by atomic mass is 35.5. The fourth-order valence-corrected chi connectivity index (χ4v) is 4.69. The Balaban J connectivity index is 1.82. The predicted molar refractivity (Wildman–Crippen MR) is 108 cm³/mol. The summed E-state index contributed by atoms with van der Waals surface area (Å²) in [5.74, 6) is -0.216. The molecule has 0 aliphatic heterocycles. The average molecular weight is 409 g/mol. The van der Waals surface area contributed by atoms with Crippen LogP contribution in [0, 0.1) is 5.82 Å². The molecule has 0 spiro atoms. The third-order valence-electron chi connectivity index (χ3n) is 4.20. The zero-order valence-electron chi connectivity index (χ0n) is 14.3. The topological polar surface area (TPSA) is 17.8 Å². The van der Waals surface area contributed by atoms with Crippen LogP contribution in [0.2, 0.25) is 10.0 Å². The Morgan fingerprint density at radius 2 is 1.81 bits per heavy atom. The van der Waals surface area contributed by atoms with E-state index in [0.717, 1.165) is 29.8 Å². The fourth-order valence-electron chi connectivity index (χ4n) is 2.82. The summed E-state index contributed by atoms with van der Waals surface area (Å²) in [6.07, 6.45) is 7.24. The minimum atomic E-state index is -0.216. The minimum Gasteiger partial charge on any atom is -0.336 e. The molecule has 3 aromatic rings. The van der Waals surface area contributed by atoms with Crippen LogP contribution in [0.25, 0.3) is 0 Å². The van der Waals surface area contributed by atoms with Gasteiger partial charge in [-0.3, -0.25) is 0 Å². The first-order valence-electron chi connectivity index (χ1n) is 8.28. The lowest BCUT2D eigenvalue weighted by Gasteiger charge is -2.30. The minimum absolute atomic E-state index is 0.163. The van der Waals surface area contributed by atoms with Gasteiger partial charge in [-0.1, -0.05) is 41.4 Å². The van der Waals surface area contributed by atoms with Gasteiger partial charge in [-0.05, 0) is 49.6 Å². The van der Waals surface area contributed by atoms with Crippen molar-refractivity contribution in [2.24, 2.45) is 0 Å². The molecule has 0 saturated heterocycles. The van der Waals surface area contributed by atoms with Crippen molar-refractivity contribution in [3.8, 4) is 0 Å². The molecular formula is C20H19Cl2FN2S. The van der Waals surface area contributed by atoms with Crippen LogP contribution >= 0.6 is 35.0 Å². The number of rotatable bonds is 7. The van der Waals surface area contributed by atoms with Crippen molar-refractivity contribution in [3.05, 3.63) is 82.6 Å². The smallest absolute Gasteiger partial charge is 0.123 e. The van der Waals surface area contributed by atoms with E-state index >= 15 is 0 Å². The molecule has 3 rings (SSSR count). The van der Waals surface area contributed by atoms with E-state index in [9.17, 15) is 4.39 Å². The van der Waals surface area contributed by atoms with Crippen molar-refractivity contribution in [1.29, 1.82) is 0 Å². The zero-order valence-corrected chi connectivity index (χ0v) is 16.7. The molecule has 1 atom stereocenters. The average Bonchev–Trinajstić information content (AvgIpc) is 3.11. The van der Waals surface area contributed by atoms with Gasteiger partial charge in [-0.2, -0.15) is 0 Å². The van der Waals surface area contributed by atoms with E-state index in [4.69, 9.17) is 23.2 Å². The fraction of sp³-hybridized carbons (Fsp3) is 0.250. The number of nitrogens with zero attached hydrogens (tertiary/aromatic N) is 2. The second-order valence-electron chi connectivity index (χ2n) is 6.46. The standard InChI is InChI=1S/C20H19Cl2FN2S/c1-20(13-25-12-11-24-14-25,10-9-15-5-7-16(23)8-6-15)26-19-17(21)3-2-4-18(19)22/h2-8,11-12,14H,9-10,13H2,1H3. The van der Waals surface area contributed by atoms with Crippen LogP contribution in [0.1, 0.15) is 18.9 Å². The Hall–Kier alpha value is -1.49. The largest absolute Gasteiger partial charge is 0.336 e. The second kappa shape index (κ2) is 8.47. The highest BCUT2D eigenvalue weighted by Gasteiger charge is 2.28. The van der Waals surface area contributed by atoms with Gasteiger partial charge in [0.25, 0.3) is 0 Å². The molecule has 0 N–H and O–H groups in total. The van der Waals surface area contributed by atoms with Crippen molar-refractivity contribution < 1.29 is 4.39 Å². The molecule has 0 radical (unpaired) electrons. The van der Waals surface area contributed by atoms with E-state index in [1.807, 2.05) is 42.9 Å². The number of hydrogen-bond donors (Lipinski definition) is 0. The van der Waals surface area contributed by atoms with Crippen molar-refractivity contribution in [2.75, 3.05) is 0 Å². The van der Waals surface area contributed by atoms with Crippen LogP contribution in [-0.4, -0.2) is 14.3 Å². The van der Waals surface area contributed by atoms with E-state index in [2.05, 4.69) is 16.5 Å². The van der Waals surface area contributed by atoms with Crippen LogP contribution in [0.15, 0.2) is 66.1 Å². The van der Waals surface area contributed by atoms with Gasteiger partial charge in [-0.15, -0.1) is 11.8 Å². The maximum atomic E-state index is 13.1. The summed E-state index contributed by atoms with van der Waals surface area (Å²) in [6.45, 7) is 2.96. The van der Waals surface area contributed by atoms with Gasteiger partial charge < -0.3 is 4.57 Å². The SMILES string of the molecule is CC(CCc1ccc(F)cc1)(Cn1ccnc1)Sc1c(Cl)cccc1Cl. The summed E-state index contributed by atoms with van der Waals surface area (Å²) in [4.78, 5) is 5.02. The van der Waals surface area contributed by atoms with Crippen molar-refractivity contribution in [2.45, 2.75) is 36.0 Å². The van der Waals surface area contributed by atoms with Crippen LogP contribution in [-0.2, 0) is 13.0 Å². The third kappa shape index (κ3) is 5.03. The van der Waals surface area contributed by atoms with Gasteiger partial charge >= 0.3 is 0 Å². The van der Waals surface area contributed by atoms with Gasteiger partial charge in [0, 0.05) is 28.6 Å². The maximum absolute atomic E-state index is 13.1. The molecule has 1 heterocycles. The highest BCUT2D eigenvalue weighted by Crippen LogP contribution is 2.44. The molecular weight excluding hydrogens is 390 g/mol. The molecule has 2 nitrogen and oxygen atoms in total. The van der Waals surface area contributed by atoms with Crippen LogP contribution in [0.4, 0.5) is 4.39 Å².